The van der Waals surface area contributed by atoms with Gasteiger partial charge >= 0.3 is 6.18 Å². The van der Waals surface area contributed by atoms with E-state index in [1.165, 1.54) is 17.0 Å². The highest BCUT2D eigenvalue weighted by Gasteiger charge is 2.44. The van der Waals surface area contributed by atoms with Crippen molar-refractivity contribution >= 4 is 0 Å². The smallest absolute Gasteiger partial charge is 0.394 e. The van der Waals surface area contributed by atoms with Crippen LogP contribution in [-0.4, -0.2) is 51.7 Å². The SMILES string of the molecule is OCC(N1CCC(c2ccn(-c3ccc(F)cc3)n2)CC1)C(F)(F)F. The second-order valence-electron chi connectivity index (χ2n) is 6.21. The molecule has 1 fully saturated rings. The molecule has 136 valence electrons. The van der Waals surface area contributed by atoms with E-state index in [9.17, 15) is 17.6 Å². The summed E-state index contributed by atoms with van der Waals surface area (Å²) in [6.45, 7) is -0.398. The third-order valence-corrected chi connectivity index (χ3v) is 4.64. The van der Waals surface area contributed by atoms with Gasteiger partial charge in [-0.25, -0.2) is 9.07 Å². The zero-order valence-electron chi connectivity index (χ0n) is 13.5. The average Bonchev–Trinajstić information content (AvgIpc) is 3.05. The molecule has 4 nitrogen and oxygen atoms in total. The monoisotopic (exact) mass is 357 g/mol. The van der Waals surface area contributed by atoms with Gasteiger partial charge in [0.1, 0.15) is 11.9 Å². The standard InChI is InChI=1S/C17H19F4N3O/c18-13-1-3-14(4-2-13)24-10-7-15(22-24)12-5-8-23(9-6-12)16(11-25)17(19,20)21/h1-4,7,10,12,16,25H,5-6,8-9,11H2. The highest BCUT2D eigenvalue weighted by molar-refractivity contribution is 5.31. The van der Waals surface area contributed by atoms with Crippen molar-refractivity contribution in [3.63, 3.8) is 0 Å². The van der Waals surface area contributed by atoms with Crippen LogP contribution in [0.15, 0.2) is 36.5 Å². The third kappa shape index (κ3) is 4.01. The quantitative estimate of drug-likeness (QED) is 0.855. The zero-order chi connectivity index (χ0) is 18.0. The molecule has 2 heterocycles. The molecular formula is C17H19F4N3O. The Morgan fingerprint density at radius 1 is 1.12 bits per heavy atom. The number of likely N-dealkylation sites (tertiary alicyclic amines) is 1. The van der Waals surface area contributed by atoms with Crippen LogP contribution in [0.25, 0.3) is 5.69 Å². The molecule has 2 aromatic rings. The molecule has 25 heavy (non-hydrogen) atoms. The molecule has 0 bridgehead atoms. The van der Waals surface area contributed by atoms with E-state index in [0.29, 0.717) is 12.8 Å². The van der Waals surface area contributed by atoms with Crippen LogP contribution in [0.5, 0.6) is 0 Å². The third-order valence-electron chi connectivity index (χ3n) is 4.64. The first kappa shape index (κ1) is 17.9. The van der Waals surface area contributed by atoms with E-state index < -0.39 is 18.8 Å². The van der Waals surface area contributed by atoms with Crippen LogP contribution in [0, 0.1) is 5.82 Å². The summed E-state index contributed by atoms with van der Waals surface area (Å²) < 4.78 is 53.3. The largest absolute Gasteiger partial charge is 0.406 e. The Labute approximate surface area is 142 Å². The van der Waals surface area contributed by atoms with Gasteiger partial charge in [-0.05, 0) is 56.3 Å². The van der Waals surface area contributed by atoms with E-state index in [1.807, 2.05) is 6.07 Å². The molecule has 0 saturated carbocycles. The van der Waals surface area contributed by atoms with Crippen molar-refractivity contribution in [2.75, 3.05) is 19.7 Å². The van der Waals surface area contributed by atoms with E-state index in [-0.39, 0.29) is 24.8 Å². The van der Waals surface area contributed by atoms with Gasteiger partial charge in [-0.2, -0.15) is 18.3 Å². The topological polar surface area (TPSA) is 41.3 Å². The Hall–Kier alpha value is -1.93. The van der Waals surface area contributed by atoms with Crippen LogP contribution in [0.2, 0.25) is 0 Å². The highest BCUT2D eigenvalue weighted by Crippen LogP contribution is 2.32. The number of aliphatic hydroxyl groups excluding tert-OH is 1. The molecule has 0 spiro atoms. The summed E-state index contributed by atoms with van der Waals surface area (Å²) in [5.41, 5.74) is 1.54. The molecule has 1 unspecified atom stereocenters. The molecule has 1 aromatic heterocycles. The second-order valence-corrected chi connectivity index (χ2v) is 6.21. The lowest BCUT2D eigenvalue weighted by atomic mass is 9.93. The van der Waals surface area contributed by atoms with Crippen molar-refractivity contribution in [3.8, 4) is 5.69 Å². The summed E-state index contributed by atoms with van der Waals surface area (Å²) in [5, 5.41) is 13.5. The van der Waals surface area contributed by atoms with E-state index in [4.69, 9.17) is 5.11 Å². The summed E-state index contributed by atoms with van der Waals surface area (Å²) in [6, 6.07) is 5.97. The van der Waals surface area contributed by atoms with Gasteiger partial charge < -0.3 is 5.11 Å². The molecule has 1 aliphatic rings. The molecule has 1 N–H and O–H groups in total. The van der Waals surface area contributed by atoms with Gasteiger partial charge in [0, 0.05) is 12.1 Å². The Kier molecular flexibility index (Phi) is 5.10. The first-order valence-electron chi connectivity index (χ1n) is 8.11. The van der Waals surface area contributed by atoms with Gasteiger partial charge in [0.25, 0.3) is 0 Å². The fraction of sp³-hybridized carbons (Fsp3) is 0.471. The number of alkyl halides is 3. The van der Waals surface area contributed by atoms with E-state index >= 15 is 0 Å². The maximum absolute atomic E-state index is 13.0. The fourth-order valence-corrected chi connectivity index (χ4v) is 3.23. The first-order valence-corrected chi connectivity index (χ1v) is 8.11. The molecule has 0 aliphatic carbocycles. The van der Waals surface area contributed by atoms with Gasteiger partial charge in [0.15, 0.2) is 0 Å². The van der Waals surface area contributed by atoms with Crippen molar-refractivity contribution in [3.05, 3.63) is 48.0 Å². The number of nitrogens with zero attached hydrogens (tertiary/aromatic N) is 3. The van der Waals surface area contributed by atoms with Gasteiger partial charge in [-0.3, -0.25) is 4.90 Å². The average molecular weight is 357 g/mol. The Balaban J connectivity index is 1.65. The summed E-state index contributed by atoms with van der Waals surface area (Å²) in [6.07, 6.45) is -1.56. The minimum atomic E-state index is -4.42. The number of hydrogen-bond donors (Lipinski definition) is 1. The van der Waals surface area contributed by atoms with Crippen molar-refractivity contribution in [1.29, 1.82) is 0 Å². The number of hydrogen-bond acceptors (Lipinski definition) is 3. The molecule has 1 aromatic carbocycles. The minimum absolute atomic E-state index is 0.0746. The summed E-state index contributed by atoms with van der Waals surface area (Å²) in [4.78, 5) is 1.29. The molecule has 1 saturated heterocycles. The van der Waals surface area contributed by atoms with E-state index in [2.05, 4.69) is 5.10 Å². The van der Waals surface area contributed by atoms with Gasteiger partial charge in [0.05, 0.1) is 18.0 Å². The van der Waals surface area contributed by atoms with Crippen molar-refractivity contribution in [1.82, 2.24) is 14.7 Å². The van der Waals surface area contributed by atoms with Gasteiger partial charge in [-0.1, -0.05) is 0 Å². The van der Waals surface area contributed by atoms with E-state index in [0.717, 1.165) is 11.4 Å². The molecule has 1 atom stereocenters. The predicted molar refractivity (Wildman–Crippen MR) is 84.0 cm³/mol. The number of aromatic nitrogens is 2. The Morgan fingerprint density at radius 3 is 2.32 bits per heavy atom. The normalized spacial score (nSPS) is 18.4. The van der Waals surface area contributed by atoms with Crippen LogP contribution in [0.4, 0.5) is 17.6 Å². The zero-order valence-corrected chi connectivity index (χ0v) is 13.5. The van der Waals surface area contributed by atoms with Crippen LogP contribution >= 0.6 is 0 Å². The van der Waals surface area contributed by atoms with E-state index in [1.54, 1.807) is 23.0 Å². The van der Waals surface area contributed by atoms with Crippen LogP contribution < -0.4 is 0 Å². The molecule has 8 heteroatoms. The molecule has 3 rings (SSSR count). The maximum Gasteiger partial charge on any atom is 0.406 e. The molecule has 0 radical (unpaired) electrons. The number of halogens is 4. The van der Waals surface area contributed by atoms with Gasteiger partial charge in [-0.15, -0.1) is 0 Å². The first-order chi connectivity index (χ1) is 11.9. The van der Waals surface area contributed by atoms with Crippen molar-refractivity contribution in [2.45, 2.75) is 31.0 Å². The Morgan fingerprint density at radius 2 is 1.76 bits per heavy atom. The number of benzene rings is 1. The lowest BCUT2D eigenvalue weighted by molar-refractivity contribution is -0.195. The number of aliphatic hydroxyl groups is 1. The number of rotatable bonds is 4. The fourth-order valence-electron chi connectivity index (χ4n) is 3.23. The van der Waals surface area contributed by atoms with Crippen LogP contribution in [0.3, 0.4) is 0 Å². The maximum atomic E-state index is 13.0. The van der Waals surface area contributed by atoms with Gasteiger partial charge in [0.2, 0.25) is 0 Å². The van der Waals surface area contributed by atoms with Crippen molar-refractivity contribution in [2.24, 2.45) is 0 Å². The predicted octanol–water partition coefficient (Wildman–Crippen LogP) is 3.11. The Bertz CT molecular complexity index is 691. The van der Waals surface area contributed by atoms with Crippen LogP contribution in [0.1, 0.15) is 24.5 Å². The summed E-state index contributed by atoms with van der Waals surface area (Å²) in [5.74, 6) is -0.253. The lowest BCUT2D eigenvalue weighted by Gasteiger charge is -2.37. The molecule has 0 amide bonds. The highest BCUT2D eigenvalue weighted by atomic mass is 19.4. The number of piperidine rings is 1. The van der Waals surface area contributed by atoms with Crippen molar-refractivity contribution < 1.29 is 22.7 Å². The summed E-state index contributed by atoms with van der Waals surface area (Å²) in [7, 11) is 0. The molecular weight excluding hydrogens is 338 g/mol. The van der Waals surface area contributed by atoms with Crippen LogP contribution in [-0.2, 0) is 0 Å². The second kappa shape index (κ2) is 7.13. The lowest BCUT2D eigenvalue weighted by Crippen LogP contribution is -2.50. The minimum Gasteiger partial charge on any atom is -0.394 e. The molecule has 1 aliphatic heterocycles. The summed E-state index contributed by atoms with van der Waals surface area (Å²) >= 11 is 0.